The van der Waals surface area contributed by atoms with Gasteiger partial charge in [0.1, 0.15) is 5.82 Å². The molecule has 0 atom stereocenters. The average Bonchev–Trinajstić information content (AvgIpc) is 2.71. The normalized spacial score (nSPS) is 10.6. The molecule has 3 N–H and O–H groups in total. The lowest BCUT2D eigenvalue weighted by Crippen LogP contribution is -2.06. The van der Waals surface area contributed by atoms with Crippen LogP contribution in [0.2, 0.25) is 4.34 Å². The van der Waals surface area contributed by atoms with E-state index < -0.39 is 0 Å². The number of nitrogen functional groups attached to an aromatic ring is 1. The summed E-state index contributed by atoms with van der Waals surface area (Å²) < 4.78 is 14.4. The average molecular weight is 350 g/mol. The maximum absolute atomic E-state index is 13.2. The zero-order chi connectivity index (χ0) is 13.1. The number of rotatable bonds is 4. The number of benzene rings is 1. The molecule has 0 spiro atoms. The lowest BCUT2D eigenvalue weighted by atomic mass is 10.2. The van der Waals surface area contributed by atoms with E-state index in [0.29, 0.717) is 10.2 Å². The van der Waals surface area contributed by atoms with Crippen molar-refractivity contribution in [3.05, 3.63) is 43.8 Å². The Morgan fingerprint density at radius 1 is 1.39 bits per heavy atom. The number of thiophene rings is 1. The third-order valence-corrected chi connectivity index (χ3v) is 4.31. The molecule has 1 aromatic heterocycles. The lowest BCUT2D eigenvalue weighted by Gasteiger charge is -2.09. The van der Waals surface area contributed by atoms with Gasteiger partial charge in [-0.25, -0.2) is 4.39 Å². The highest BCUT2D eigenvalue weighted by Crippen LogP contribution is 2.27. The Morgan fingerprint density at radius 3 is 2.83 bits per heavy atom. The van der Waals surface area contributed by atoms with Crippen molar-refractivity contribution < 1.29 is 4.39 Å². The van der Waals surface area contributed by atoms with Crippen LogP contribution >= 0.6 is 38.9 Å². The van der Waals surface area contributed by atoms with E-state index in [4.69, 9.17) is 17.3 Å². The molecular formula is C12H11BrClFN2S. The molecule has 0 aliphatic heterocycles. The van der Waals surface area contributed by atoms with Crippen molar-refractivity contribution in [2.45, 2.75) is 6.42 Å². The SMILES string of the molecule is Nc1cc(F)c(Br)cc1NCCc1ccc(Cl)s1. The second-order valence-corrected chi connectivity index (χ2v) is 6.39. The van der Waals surface area contributed by atoms with Crippen LogP contribution < -0.4 is 11.1 Å². The molecule has 0 amide bonds. The minimum absolute atomic E-state index is 0.358. The second-order valence-electron chi connectivity index (χ2n) is 3.74. The third kappa shape index (κ3) is 3.37. The largest absolute Gasteiger partial charge is 0.397 e. The molecule has 0 saturated heterocycles. The van der Waals surface area contributed by atoms with Gasteiger partial charge < -0.3 is 11.1 Å². The van der Waals surface area contributed by atoms with Crippen molar-refractivity contribution in [3.63, 3.8) is 0 Å². The predicted molar refractivity (Wildman–Crippen MR) is 80.0 cm³/mol. The maximum atomic E-state index is 13.2. The van der Waals surface area contributed by atoms with Gasteiger partial charge in [0.2, 0.25) is 0 Å². The van der Waals surface area contributed by atoms with E-state index >= 15 is 0 Å². The molecule has 1 heterocycles. The number of nitrogens with one attached hydrogen (secondary N) is 1. The highest BCUT2D eigenvalue weighted by Gasteiger charge is 2.05. The molecule has 0 fully saturated rings. The van der Waals surface area contributed by atoms with Gasteiger partial charge in [-0.05, 0) is 40.5 Å². The third-order valence-electron chi connectivity index (χ3n) is 2.41. The molecule has 96 valence electrons. The summed E-state index contributed by atoms with van der Waals surface area (Å²) in [6.45, 7) is 0.721. The van der Waals surface area contributed by atoms with Crippen LogP contribution in [0.15, 0.2) is 28.7 Å². The highest BCUT2D eigenvalue weighted by molar-refractivity contribution is 9.10. The molecule has 0 bridgehead atoms. The Balaban J connectivity index is 1.96. The number of nitrogens with two attached hydrogens (primary N) is 1. The van der Waals surface area contributed by atoms with Gasteiger partial charge in [0, 0.05) is 17.5 Å². The molecule has 2 aromatic rings. The van der Waals surface area contributed by atoms with Gasteiger partial charge in [-0.2, -0.15) is 0 Å². The van der Waals surface area contributed by atoms with Crippen LogP contribution in [0.5, 0.6) is 0 Å². The van der Waals surface area contributed by atoms with Gasteiger partial charge in [-0.1, -0.05) is 11.6 Å². The van der Waals surface area contributed by atoms with Crippen molar-refractivity contribution in [3.8, 4) is 0 Å². The fourth-order valence-corrected chi connectivity index (χ4v) is 2.95. The molecule has 1 aromatic carbocycles. The standard InChI is InChI=1S/C12H11BrClFN2S/c13-8-5-11(10(16)6-9(8)15)17-4-3-7-1-2-12(14)18-7/h1-2,5-6,17H,3-4,16H2. The summed E-state index contributed by atoms with van der Waals surface area (Å²) in [5.41, 5.74) is 6.86. The first-order valence-electron chi connectivity index (χ1n) is 5.29. The molecule has 0 unspecified atom stereocenters. The van der Waals surface area contributed by atoms with Crippen LogP contribution in [-0.2, 0) is 6.42 Å². The van der Waals surface area contributed by atoms with Crippen LogP contribution in [0, 0.1) is 5.82 Å². The quantitative estimate of drug-likeness (QED) is 0.795. The molecule has 0 radical (unpaired) electrons. The van der Waals surface area contributed by atoms with Crippen LogP contribution in [-0.4, -0.2) is 6.54 Å². The molecule has 0 aliphatic carbocycles. The molecule has 2 nitrogen and oxygen atoms in total. The fourth-order valence-electron chi connectivity index (χ4n) is 1.52. The zero-order valence-electron chi connectivity index (χ0n) is 9.34. The van der Waals surface area contributed by atoms with Gasteiger partial charge >= 0.3 is 0 Å². The fraction of sp³-hybridized carbons (Fsp3) is 0.167. The topological polar surface area (TPSA) is 38.0 Å². The summed E-state index contributed by atoms with van der Waals surface area (Å²) >= 11 is 10.5. The Morgan fingerprint density at radius 2 is 2.17 bits per heavy atom. The summed E-state index contributed by atoms with van der Waals surface area (Å²) in [6, 6.07) is 6.82. The number of hydrogen-bond acceptors (Lipinski definition) is 3. The van der Waals surface area contributed by atoms with Gasteiger partial charge in [0.15, 0.2) is 0 Å². The van der Waals surface area contributed by atoms with Crippen molar-refractivity contribution in [1.29, 1.82) is 0 Å². The van der Waals surface area contributed by atoms with Crippen molar-refractivity contribution >= 4 is 50.2 Å². The molecular weight excluding hydrogens is 339 g/mol. The molecule has 6 heteroatoms. The first kappa shape index (κ1) is 13.6. The summed E-state index contributed by atoms with van der Waals surface area (Å²) in [4.78, 5) is 1.20. The maximum Gasteiger partial charge on any atom is 0.139 e. The smallest absolute Gasteiger partial charge is 0.139 e. The Bertz CT molecular complexity index is 559. The van der Waals surface area contributed by atoms with E-state index in [1.807, 2.05) is 12.1 Å². The monoisotopic (exact) mass is 348 g/mol. The van der Waals surface area contributed by atoms with Crippen molar-refractivity contribution in [2.75, 3.05) is 17.6 Å². The number of hydrogen-bond donors (Lipinski definition) is 2. The number of anilines is 2. The van der Waals surface area contributed by atoms with E-state index in [0.717, 1.165) is 23.0 Å². The minimum Gasteiger partial charge on any atom is -0.397 e. The second kappa shape index (κ2) is 5.91. The minimum atomic E-state index is -0.358. The summed E-state index contributed by atoms with van der Waals surface area (Å²) in [7, 11) is 0. The summed E-state index contributed by atoms with van der Waals surface area (Å²) in [5.74, 6) is -0.358. The van der Waals surface area contributed by atoms with Crippen LogP contribution in [0.25, 0.3) is 0 Å². The predicted octanol–water partition coefficient (Wildman–Crippen LogP) is 4.54. The zero-order valence-corrected chi connectivity index (χ0v) is 12.5. The van der Waals surface area contributed by atoms with Gasteiger partial charge in [-0.15, -0.1) is 11.3 Å². The van der Waals surface area contributed by atoms with E-state index in [-0.39, 0.29) is 5.82 Å². The van der Waals surface area contributed by atoms with Crippen LogP contribution in [0.4, 0.5) is 15.8 Å². The molecule has 0 aliphatic rings. The first-order chi connectivity index (χ1) is 8.56. The van der Waals surface area contributed by atoms with Crippen LogP contribution in [0.1, 0.15) is 4.88 Å². The summed E-state index contributed by atoms with van der Waals surface area (Å²) in [6.07, 6.45) is 0.853. The van der Waals surface area contributed by atoms with Crippen molar-refractivity contribution in [1.82, 2.24) is 0 Å². The van der Waals surface area contributed by atoms with Gasteiger partial charge in [-0.3, -0.25) is 0 Å². The van der Waals surface area contributed by atoms with Gasteiger partial charge in [0.05, 0.1) is 20.2 Å². The van der Waals surface area contributed by atoms with E-state index in [1.54, 1.807) is 17.4 Å². The number of halogens is 3. The Kier molecular flexibility index (Phi) is 4.48. The Labute approximate surface area is 122 Å². The van der Waals surface area contributed by atoms with Crippen LogP contribution in [0.3, 0.4) is 0 Å². The first-order valence-corrected chi connectivity index (χ1v) is 7.27. The molecule has 18 heavy (non-hydrogen) atoms. The lowest BCUT2D eigenvalue weighted by molar-refractivity contribution is 0.622. The van der Waals surface area contributed by atoms with E-state index in [9.17, 15) is 4.39 Å². The van der Waals surface area contributed by atoms with Crippen molar-refractivity contribution in [2.24, 2.45) is 0 Å². The Hall–Kier alpha value is -0.780. The van der Waals surface area contributed by atoms with E-state index in [1.165, 1.54) is 10.9 Å². The highest BCUT2D eigenvalue weighted by atomic mass is 79.9. The molecule has 2 rings (SSSR count). The summed E-state index contributed by atoms with van der Waals surface area (Å²) in [5, 5.41) is 3.18. The van der Waals surface area contributed by atoms with E-state index in [2.05, 4.69) is 21.2 Å². The van der Waals surface area contributed by atoms with Gasteiger partial charge in [0.25, 0.3) is 0 Å². The molecule has 0 saturated carbocycles.